The van der Waals surface area contributed by atoms with Crippen LogP contribution in [0.4, 0.5) is 14.6 Å². The van der Waals surface area contributed by atoms with Crippen LogP contribution in [0.3, 0.4) is 0 Å². The van der Waals surface area contributed by atoms with Gasteiger partial charge in [0.25, 0.3) is 0 Å². The summed E-state index contributed by atoms with van der Waals surface area (Å²) in [4.78, 5) is 7.73. The SMILES string of the molecule is N#Cc1cncnc1NC12CC(C(F)F)(C1)C2. The van der Waals surface area contributed by atoms with E-state index in [0.29, 0.717) is 30.6 Å². The summed E-state index contributed by atoms with van der Waals surface area (Å²) in [5.74, 6) is 0.449. The second-order valence-corrected chi connectivity index (χ2v) is 5.00. The minimum Gasteiger partial charge on any atom is -0.363 e. The molecule has 2 bridgehead atoms. The number of alkyl halides is 2. The van der Waals surface area contributed by atoms with E-state index in [1.165, 1.54) is 12.5 Å². The Balaban J connectivity index is 1.73. The van der Waals surface area contributed by atoms with Crippen LogP contribution in [0.25, 0.3) is 0 Å². The molecule has 0 spiro atoms. The van der Waals surface area contributed by atoms with Crippen molar-refractivity contribution in [2.45, 2.75) is 31.2 Å². The fourth-order valence-corrected chi connectivity index (χ4v) is 2.99. The van der Waals surface area contributed by atoms with E-state index in [-0.39, 0.29) is 5.54 Å². The molecule has 6 heteroatoms. The van der Waals surface area contributed by atoms with Crippen molar-refractivity contribution in [3.8, 4) is 6.07 Å². The summed E-state index contributed by atoms with van der Waals surface area (Å²) in [6, 6.07) is 1.98. The Morgan fingerprint density at radius 1 is 1.41 bits per heavy atom. The lowest BCUT2D eigenvalue weighted by molar-refractivity contribution is -0.204. The minimum atomic E-state index is -2.24. The lowest BCUT2D eigenvalue weighted by Crippen LogP contribution is -2.73. The molecular formula is C11H10F2N4. The fourth-order valence-electron chi connectivity index (χ4n) is 2.99. The quantitative estimate of drug-likeness (QED) is 0.871. The van der Waals surface area contributed by atoms with Gasteiger partial charge in [0.15, 0.2) is 0 Å². The Morgan fingerprint density at radius 3 is 2.71 bits per heavy atom. The van der Waals surface area contributed by atoms with Gasteiger partial charge < -0.3 is 5.32 Å². The Bertz CT molecular complexity index is 489. The number of hydrogen-bond acceptors (Lipinski definition) is 4. The maximum absolute atomic E-state index is 12.7. The van der Waals surface area contributed by atoms with Crippen molar-refractivity contribution >= 4 is 5.82 Å². The van der Waals surface area contributed by atoms with Crippen LogP contribution in [-0.2, 0) is 0 Å². The van der Waals surface area contributed by atoms with Crippen molar-refractivity contribution in [3.63, 3.8) is 0 Å². The first kappa shape index (κ1) is 10.4. The molecule has 4 rings (SSSR count). The van der Waals surface area contributed by atoms with Crippen LogP contribution < -0.4 is 5.32 Å². The van der Waals surface area contributed by atoms with Crippen molar-refractivity contribution in [2.75, 3.05) is 5.32 Å². The summed E-state index contributed by atoms with van der Waals surface area (Å²) in [5, 5.41) is 12.0. The topological polar surface area (TPSA) is 61.6 Å². The smallest absolute Gasteiger partial charge is 0.244 e. The number of anilines is 1. The van der Waals surface area contributed by atoms with Crippen molar-refractivity contribution in [2.24, 2.45) is 5.41 Å². The lowest BCUT2D eigenvalue weighted by atomic mass is 9.39. The first-order valence-corrected chi connectivity index (χ1v) is 5.36. The third kappa shape index (κ3) is 1.32. The molecule has 1 N–H and O–H groups in total. The van der Waals surface area contributed by atoms with E-state index in [2.05, 4.69) is 15.3 Å². The van der Waals surface area contributed by atoms with Crippen molar-refractivity contribution in [3.05, 3.63) is 18.1 Å². The maximum Gasteiger partial charge on any atom is 0.244 e. The Labute approximate surface area is 96.7 Å². The van der Waals surface area contributed by atoms with Gasteiger partial charge in [0.2, 0.25) is 6.43 Å². The highest BCUT2D eigenvalue weighted by atomic mass is 19.3. The number of hydrogen-bond donors (Lipinski definition) is 1. The summed E-state index contributed by atoms with van der Waals surface area (Å²) in [5.41, 5.74) is -0.688. The normalized spacial score (nSPS) is 33.5. The van der Waals surface area contributed by atoms with Gasteiger partial charge in [-0.25, -0.2) is 18.7 Å². The molecule has 1 aromatic rings. The summed E-state index contributed by atoms with van der Waals surface area (Å²) in [6.45, 7) is 0. The van der Waals surface area contributed by atoms with Crippen molar-refractivity contribution in [1.82, 2.24) is 9.97 Å². The molecule has 0 atom stereocenters. The highest BCUT2D eigenvalue weighted by Crippen LogP contribution is 2.70. The molecule has 3 aliphatic carbocycles. The average Bonchev–Trinajstić information content (AvgIpc) is 2.21. The lowest BCUT2D eigenvalue weighted by Gasteiger charge is -2.70. The first-order valence-electron chi connectivity index (χ1n) is 5.36. The van der Waals surface area contributed by atoms with Crippen LogP contribution in [0.5, 0.6) is 0 Å². The van der Waals surface area contributed by atoms with Crippen LogP contribution in [0.2, 0.25) is 0 Å². The van der Waals surface area contributed by atoms with Gasteiger partial charge in [-0.2, -0.15) is 5.26 Å². The molecule has 3 fully saturated rings. The van der Waals surface area contributed by atoms with Crippen LogP contribution in [0, 0.1) is 16.7 Å². The van der Waals surface area contributed by atoms with E-state index < -0.39 is 11.8 Å². The molecule has 4 nitrogen and oxygen atoms in total. The molecule has 0 unspecified atom stereocenters. The van der Waals surface area contributed by atoms with Gasteiger partial charge in [-0.05, 0) is 19.3 Å². The van der Waals surface area contributed by atoms with Gasteiger partial charge in [-0.1, -0.05) is 0 Å². The van der Waals surface area contributed by atoms with Crippen LogP contribution in [0.1, 0.15) is 24.8 Å². The Kier molecular flexibility index (Phi) is 1.91. The molecule has 88 valence electrons. The number of nitrogens with one attached hydrogen (secondary N) is 1. The molecule has 0 amide bonds. The Hall–Kier alpha value is -1.77. The molecule has 3 aliphatic rings. The summed E-state index contributed by atoms with van der Waals surface area (Å²) in [7, 11) is 0. The van der Waals surface area contributed by atoms with E-state index in [0.717, 1.165) is 0 Å². The van der Waals surface area contributed by atoms with Crippen LogP contribution >= 0.6 is 0 Å². The van der Waals surface area contributed by atoms with Gasteiger partial charge in [0.1, 0.15) is 23.8 Å². The van der Waals surface area contributed by atoms with Crippen LogP contribution in [-0.4, -0.2) is 21.9 Å². The minimum absolute atomic E-state index is 0.267. The van der Waals surface area contributed by atoms with Gasteiger partial charge >= 0.3 is 0 Å². The second-order valence-electron chi connectivity index (χ2n) is 5.00. The standard InChI is InChI=1S/C11H10F2N4/c12-9(13)10-3-11(4-10,5-10)17-8-7(1-14)2-15-6-16-8/h2,6,9H,3-5H2,(H,15,16,17). The van der Waals surface area contributed by atoms with E-state index in [1.54, 1.807) is 0 Å². The number of nitriles is 1. The molecule has 1 aromatic heterocycles. The third-order valence-electron chi connectivity index (χ3n) is 3.75. The summed E-state index contributed by atoms with van der Waals surface area (Å²) >= 11 is 0. The zero-order valence-electron chi connectivity index (χ0n) is 8.95. The van der Waals surface area contributed by atoms with Crippen molar-refractivity contribution in [1.29, 1.82) is 5.26 Å². The second kappa shape index (κ2) is 3.13. The average molecular weight is 236 g/mol. The van der Waals surface area contributed by atoms with Gasteiger partial charge in [-0.15, -0.1) is 0 Å². The van der Waals surface area contributed by atoms with Gasteiger partial charge in [0, 0.05) is 11.0 Å². The van der Waals surface area contributed by atoms with E-state index in [4.69, 9.17) is 5.26 Å². The predicted octanol–water partition coefficient (Wildman–Crippen LogP) is 1.95. The van der Waals surface area contributed by atoms with Gasteiger partial charge in [0.05, 0.1) is 6.20 Å². The third-order valence-corrected chi connectivity index (χ3v) is 3.75. The first-order chi connectivity index (χ1) is 8.09. The van der Waals surface area contributed by atoms with Crippen molar-refractivity contribution < 1.29 is 8.78 Å². The molecule has 0 aromatic carbocycles. The van der Waals surface area contributed by atoms with Gasteiger partial charge in [-0.3, -0.25) is 0 Å². The van der Waals surface area contributed by atoms with E-state index >= 15 is 0 Å². The molecule has 0 saturated heterocycles. The Morgan fingerprint density at radius 2 is 2.12 bits per heavy atom. The number of rotatable bonds is 3. The summed E-state index contributed by atoms with van der Waals surface area (Å²) < 4.78 is 25.3. The molecule has 3 saturated carbocycles. The monoisotopic (exact) mass is 236 g/mol. The molecule has 0 radical (unpaired) electrons. The molecule has 17 heavy (non-hydrogen) atoms. The molecule has 1 heterocycles. The zero-order valence-corrected chi connectivity index (χ0v) is 8.95. The number of nitrogens with zero attached hydrogens (tertiary/aromatic N) is 3. The maximum atomic E-state index is 12.7. The fraction of sp³-hybridized carbons (Fsp3) is 0.545. The molecule has 0 aliphatic heterocycles. The largest absolute Gasteiger partial charge is 0.363 e. The predicted molar refractivity (Wildman–Crippen MR) is 55.4 cm³/mol. The highest BCUT2D eigenvalue weighted by Gasteiger charge is 2.72. The van der Waals surface area contributed by atoms with E-state index in [9.17, 15) is 8.78 Å². The number of halogens is 2. The van der Waals surface area contributed by atoms with E-state index in [1.807, 2.05) is 6.07 Å². The highest BCUT2D eigenvalue weighted by molar-refractivity contribution is 5.54. The molecular weight excluding hydrogens is 226 g/mol. The number of aromatic nitrogens is 2. The zero-order chi connectivity index (χ0) is 12.1. The summed E-state index contributed by atoms with van der Waals surface area (Å²) in [6.07, 6.45) is 1.92. The van der Waals surface area contributed by atoms with Crippen LogP contribution in [0.15, 0.2) is 12.5 Å².